The van der Waals surface area contributed by atoms with Crippen LogP contribution in [0.4, 0.5) is 5.69 Å². The predicted octanol–water partition coefficient (Wildman–Crippen LogP) is 5.44. The van der Waals surface area contributed by atoms with Gasteiger partial charge in [0, 0.05) is 53.5 Å². The second-order valence-corrected chi connectivity index (χ2v) is 8.20. The summed E-state index contributed by atoms with van der Waals surface area (Å²) in [6.45, 7) is 1.29. The van der Waals surface area contributed by atoms with Gasteiger partial charge in [0.15, 0.2) is 0 Å². The molecule has 2 N–H and O–H groups in total. The van der Waals surface area contributed by atoms with Crippen molar-refractivity contribution in [1.82, 2.24) is 10.3 Å². The number of ether oxygens (including phenoxy) is 1. The van der Waals surface area contributed by atoms with Gasteiger partial charge in [-0.3, -0.25) is 4.79 Å². The molecule has 3 aromatic carbocycles. The van der Waals surface area contributed by atoms with Crippen molar-refractivity contribution in [2.75, 3.05) is 25.6 Å². The van der Waals surface area contributed by atoms with Crippen LogP contribution in [0.1, 0.15) is 21.5 Å². The van der Waals surface area contributed by atoms with Gasteiger partial charge in [0.2, 0.25) is 0 Å². The maximum atomic E-state index is 12.6. The van der Waals surface area contributed by atoms with Crippen LogP contribution in [0.15, 0.2) is 72.9 Å². The van der Waals surface area contributed by atoms with E-state index >= 15 is 0 Å². The number of fused-ring (bicyclic) bond motifs is 1. The quantitative estimate of drug-likeness (QED) is 0.378. The van der Waals surface area contributed by atoms with Gasteiger partial charge < -0.3 is 19.9 Å². The number of carbonyl (C=O) groups excluding carboxylic acids is 1. The van der Waals surface area contributed by atoms with Crippen LogP contribution in [-0.2, 0) is 13.0 Å². The average molecular weight is 448 g/mol. The number of hydrogen-bond acceptors (Lipinski definition) is 3. The van der Waals surface area contributed by atoms with E-state index in [1.165, 1.54) is 0 Å². The highest BCUT2D eigenvalue weighted by molar-refractivity contribution is 6.30. The molecule has 6 heteroatoms. The van der Waals surface area contributed by atoms with Gasteiger partial charge in [-0.1, -0.05) is 29.8 Å². The Kier molecular flexibility index (Phi) is 6.66. The SMILES string of the molecule is COc1ccc2[nH]cc(CCNC(=O)c3ccc(CN(C)c4cccc(Cl)c4)cc3)c2c1. The Morgan fingerprint density at radius 2 is 1.91 bits per heavy atom. The second kappa shape index (κ2) is 9.79. The standard InChI is InChI=1S/C26H26ClN3O2/c1-30(22-5-3-4-21(27)14-22)17-18-6-8-19(9-7-18)26(31)28-13-12-20-16-29-25-11-10-23(32-2)15-24(20)25/h3-11,14-16,29H,12-13,17H2,1-2H3,(H,28,31). The first-order valence-corrected chi connectivity index (χ1v) is 10.9. The number of nitrogens with one attached hydrogen (secondary N) is 2. The van der Waals surface area contributed by atoms with Gasteiger partial charge in [-0.05, 0) is 66.1 Å². The highest BCUT2D eigenvalue weighted by atomic mass is 35.5. The molecule has 0 fully saturated rings. The highest BCUT2D eigenvalue weighted by Gasteiger charge is 2.09. The Balaban J connectivity index is 1.32. The van der Waals surface area contributed by atoms with Gasteiger partial charge in [0.05, 0.1) is 7.11 Å². The first-order valence-electron chi connectivity index (χ1n) is 10.5. The molecule has 0 radical (unpaired) electrons. The fraction of sp³-hybridized carbons (Fsp3) is 0.192. The van der Waals surface area contributed by atoms with E-state index < -0.39 is 0 Å². The molecular weight excluding hydrogens is 422 g/mol. The van der Waals surface area contributed by atoms with Crippen LogP contribution in [0, 0.1) is 0 Å². The molecular formula is C26H26ClN3O2. The number of anilines is 1. The van der Waals surface area contributed by atoms with Gasteiger partial charge in [0.25, 0.3) is 5.91 Å². The smallest absolute Gasteiger partial charge is 0.251 e. The maximum absolute atomic E-state index is 12.6. The topological polar surface area (TPSA) is 57.4 Å². The lowest BCUT2D eigenvalue weighted by Gasteiger charge is -2.19. The van der Waals surface area contributed by atoms with E-state index in [2.05, 4.69) is 15.2 Å². The van der Waals surface area contributed by atoms with E-state index in [1.807, 2.05) is 80.0 Å². The van der Waals surface area contributed by atoms with Crippen molar-refractivity contribution in [3.05, 3.63) is 94.6 Å². The lowest BCUT2D eigenvalue weighted by molar-refractivity contribution is 0.0954. The Morgan fingerprint density at radius 3 is 2.66 bits per heavy atom. The molecule has 5 nitrogen and oxygen atoms in total. The number of nitrogens with zero attached hydrogens (tertiary/aromatic N) is 1. The van der Waals surface area contributed by atoms with Crippen LogP contribution in [-0.4, -0.2) is 31.6 Å². The molecule has 4 aromatic rings. The van der Waals surface area contributed by atoms with Crippen molar-refractivity contribution in [1.29, 1.82) is 0 Å². The van der Waals surface area contributed by atoms with Crippen LogP contribution in [0.2, 0.25) is 5.02 Å². The van der Waals surface area contributed by atoms with Gasteiger partial charge in [-0.15, -0.1) is 0 Å². The molecule has 0 aliphatic rings. The van der Waals surface area contributed by atoms with Gasteiger partial charge in [-0.2, -0.15) is 0 Å². The fourth-order valence-corrected chi connectivity index (χ4v) is 3.93. The van der Waals surface area contributed by atoms with E-state index in [9.17, 15) is 4.79 Å². The molecule has 0 bridgehead atoms. The summed E-state index contributed by atoms with van der Waals surface area (Å²) < 4.78 is 5.32. The third-order valence-electron chi connectivity index (χ3n) is 5.54. The largest absolute Gasteiger partial charge is 0.497 e. The van der Waals surface area contributed by atoms with E-state index in [-0.39, 0.29) is 5.91 Å². The minimum atomic E-state index is -0.0721. The summed E-state index contributed by atoms with van der Waals surface area (Å²) in [5, 5.41) is 4.85. The zero-order chi connectivity index (χ0) is 22.5. The number of benzene rings is 3. The third kappa shape index (κ3) is 5.06. The molecule has 1 aromatic heterocycles. The molecule has 0 atom stereocenters. The van der Waals surface area contributed by atoms with Gasteiger partial charge in [0.1, 0.15) is 5.75 Å². The zero-order valence-corrected chi connectivity index (χ0v) is 18.9. The van der Waals surface area contributed by atoms with Crippen molar-refractivity contribution >= 4 is 34.1 Å². The number of halogens is 1. The molecule has 164 valence electrons. The Bertz CT molecular complexity index is 1220. The summed E-state index contributed by atoms with van der Waals surface area (Å²) in [5.41, 5.74) is 5.04. The number of methoxy groups -OCH3 is 1. The van der Waals surface area contributed by atoms with Crippen molar-refractivity contribution < 1.29 is 9.53 Å². The molecule has 0 spiro atoms. The lowest BCUT2D eigenvalue weighted by atomic mass is 10.1. The Morgan fingerprint density at radius 1 is 1.09 bits per heavy atom. The molecule has 32 heavy (non-hydrogen) atoms. The lowest BCUT2D eigenvalue weighted by Crippen LogP contribution is -2.25. The van der Waals surface area contributed by atoms with Gasteiger partial charge >= 0.3 is 0 Å². The molecule has 0 aliphatic heterocycles. The molecule has 0 saturated carbocycles. The number of carbonyl (C=O) groups is 1. The Hall–Kier alpha value is -3.44. The highest BCUT2D eigenvalue weighted by Crippen LogP contribution is 2.24. The van der Waals surface area contributed by atoms with Crippen LogP contribution in [0.25, 0.3) is 10.9 Å². The summed E-state index contributed by atoms with van der Waals surface area (Å²) in [7, 11) is 3.68. The van der Waals surface area contributed by atoms with E-state index in [1.54, 1.807) is 7.11 Å². The minimum absolute atomic E-state index is 0.0721. The molecule has 4 rings (SSSR count). The normalized spacial score (nSPS) is 10.8. The van der Waals surface area contributed by atoms with Crippen LogP contribution >= 0.6 is 11.6 Å². The molecule has 0 saturated heterocycles. The minimum Gasteiger partial charge on any atom is -0.497 e. The van der Waals surface area contributed by atoms with Crippen molar-refractivity contribution in [3.63, 3.8) is 0 Å². The number of rotatable bonds is 8. The number of amides is 1. The number of aromatic nitrogens is 1. The summed E-state index contributed by atoms with van der Waals surface area (Å²) >= 11 is 6.09. The van der Waals surface area contributed by atoms with Crippen molar-refractivity contribution in [2.45, 2.75) is 13.0 Å². The predicted molar refractivity (Wildman–Crippen MR) is 131 cm³/mol. The van der Waals surface area contributed by atoms with E-state index in [0.717, 1.165) is 46.4 Å². The zero-order valence-electron chi connectivity index (χ0n) is 18.2. The van der Waals surface area contributed by atoms with Crippen molar-refractivity contribution in [3.8, 4) is 5.75 Å². The van der Waals surface area contributed by atoms with Crippen LogP contribution in [0.5, 0.6) is 5.75 Å². The maximum Gasteiger partial charge on any atom is 0.251 e. The third-order valence-corrected chi connectivity index (χ3v) is 5.77. The molecule has 1 amide bonds. The Labute approximate surface area is 193 Å². The van der Waals surface area contributed by atoms with E-state index in [4.69, 9.17) is 16.3 Å². The monoisotopic (exact) mass is 447 g/mol. The summed E-state index contributed by atoms with van der Waals surface area (Å²) in [6, 6.07) is 21.4. The first kappa shape index (κ1) is 21.8. The molecule has 1 heterocycles. The fourth-order valence-electron chi connectivity index (χ4n) is 3.74. The summed E-state index contributed by atoms with van der Waals surface area (Å²) in [5.74, 6) is 0.751. The van der Waals surface area contributed by atoms with Crippen LogP contribution in [0.3, 0.4) is 0 Å². The number of hydrogen-bond donors (Lipinski definition) is 2. The summed E-state index contributed by atoms with van der Waals surface area (Å²) in [6.07, 6.45) is 2.73. The van der Waals surface area contributed by atoms with E-state index in [0.29, 0.717) is 17.1 Å². The van der Waals surface area contributed by atoms with Crippen molar-refractivity contribution in [2.24, 2.45) is 0 Å². The van der Waals surface area contributed by atoms with Crippen LogP contribution < -0.4 is 15.0 Å². The van der Waals surface area contributed by atoms with Gasteiger partial charge in [-0.25, -0.2) is 0 Å². The molecule has 0 unspecified atom stereocenters. The number of aromatic amines is 1. The average Bonchev–Trinajstić information content (AvgIpc) is 3.21. The number of H-pyrrole nitrogens is 1. The second-order valence-electron chi connectivity index (χ2n) is 7.76. The molecule has 0 aliphatic carbocycles. The summed E-state index contributed by atoms with van der Waals surface area (Å²) in [4.78, 5) is 18.0. The first-order chi connectivity index (χ1) is 15.5.